The van der Waals surface area contributed by atoms with Crippen molar-refractivity contribution in [1.29, 1.82) is 0 Å². The minimum Gasteiger partial charge on any atom is -0.480 e. The fourth-order valence-corrected chi connectivity index (χ4v) is 2.74. The van der Waals surface area contributed by atoms with E-state index in [1.807, 2.05) is 13.8 Å². The lowest BCUT2D eigenvalue weighted by Crippen LogP contribution is -2.18. The maximum atomic E-state index is 13.6. The SMILES string of the molecule is CC(C)CCOC(=O)COc1cc(F)ccc1NC(=S)Cc1cccc([N+](=O)[O-])c1. The molecule has 0 saturated carbocycles. The Kier molecular flexibility index (Phi) is 8.67. The van der Waals surface area contributed by atoms with Crippen LogP contribution in [0.3, 0.4) is 0 Å². The average molecular weight is 434 g/mol. The molecule has 9 heteroatoms. The van der Waals surface area contributed by atoms with Crippen molar-refractivity contribution in [3.63, 3.8) is 0 Å². The van der Waals surface area contributed by atoms with E-state index in [-0.39, 0.29) is 24.5 Å². The van der Waals surface area contributed by atoms with Gasteiger partial charge in [0.2, 0.25) is 0 Å². The molecule has 0 saturated heterocycles. The van der Waals surface area contributed by atoms with Crippen molar-refractivity contribution in [2.45, 2.75) is 26.7 Å². The third-order valence-electron chi connectivity index (χ3n) is 4.01. The zero-order chi connectivity index (χ0) is 22.1. The lowest BCUT2D eigenvalue weighted by atomic mass is 10.1. The Labute approximate surface area is 179 Å². The first-order chi connectivity index (χ1) is 14.2. The molecule has 160 valence electrons. The van der Waals surface area contributed by atoms with Gasteiger partial charge in [-0.3, -0.25) is 10.1 Å². The number of ether oxygens (including phenoxy) is 2. The zero-order valence-electron chi connectivity index (χ0n) is 16.7. The van der Waals surface area contributed by atoms with Crippen LogP contribution in [0.4, 0.5) is 15.8 Å². The van der Waals surface area contributed by atoms with Crippen LogP contribution in [0.1, 0.15) is 25.8 Å². The molecule has 0 atom stereocenters. The molecule has 0 amide bonds. The summed E-state index contributed by atoms with van der Waals surface area (Å²) in [7, 11) is 0. The first kappa shape index (κ1) is 23.2. The summed E-state index contributed by atoms with van der Waals surface area (Å²) >= 11 is 5.31. The average Bonchev–Trinajstić information content (AvgIpc) is 2.68. The number of esters is 1. The van der Waals surface area contributed by atoms with Gasteiger partial charge in [-0.15, -0.1) is 0 Å². The first-order valence-electron chi connectivity index (χ1n) is 9.35. The second kappa shape index (κ2) is 11.2. The number of thiocarbonyl (C=S) groups is 1. The molecule has 0 aliphatic carbocycles. The van der Waals surface area contributed by atoms with Gasteiger partial charge in [-0.05, 0) is 30.0 Å². The predicted molar refractivity (Wildman–Crippen MR) is 115 cm³/mol. The van der Waals surface area contributed by atoms with E-state index in [1.54, 1.807) is 12.1 Å². The maximum Gasteiger partial charge on any atom is 0.344 e. The third-order valence-corrected chi connectivity index (χ3v) is 4.25. The van der Waals surface area contributed by atoms with Crippen LogP contribution >= 0.6 is 12.2 Å². The molecule has 7 nitrogen and oxygen atoms in total. The van der Waals surface area contributed by atoms with E-state index in [0.29, 0.717) is 28.8 Å². The Morgan fingerprint density at radius 3 is 2.73 bits per heavy atom. The van der Waals surface area contributed by atoms with Crippen LogP contribution in [0.2, 0.25) is 0 Å². The number of nitrogens with zero attached hydrogens (tertiary/aromatic N) is 1. The molecule has 0 spiro atoms. The molecule has 0 aromatic heterocycles. The Balaban J connectivity index is 1.98. The summed E-state index contributed by atoms with van der Waals surface area (Å²) in [6.07, 6.45) is 0.982. The second-order valence-corrected chi connectivity index (χ2v) is 7.48. The number of halogens is 1. The molecule has 2 aromatic carbocycles. The maximum absolute atomic E-state index is 13.6. The van der Waals surface area contributed by atoms with Crippen molar-refractivity contribution < 1.29 is 23.6 Å². The molecule has 0 fully saturated rings. The fourth-order valence-electron chi connectivity index (χ4n) is 2.47. The number of hydrogen-bond acceptors (Lipinski definition) is 6. The number of nitrogens with one attached hydrogen (secondary N) is 1. The van der Waals surface area contributed by atoms with Gasteiger partial charge in [0.1, 0.15) is 11.6 Å². The smallest absolute Gasteiger partial charge is 0.344 e. The molecular weight excluding hydrogens is 411 g/mol. The summed E-state index contributed by atoms with van der Waals surface area (Å²) < 4.78 is 24.1. The number of carbonyl (C=O) groups is 1. The van der Waals surface area contributed by atoms with Crippen LogP contribution in [-0.2, 0) is 16.0 Å². The molecule has 1 N–H and O–H groups in total. The molecular formula is C21H23FN2O5S. The molecule has 0 bridgehead atoms. The van der Waals surface area contributed by atoms with Crippen LogP contribution in [0.25, 0.3) is 0 Å². The first-order valence-corrected chi connectivity index (χ1v) is 9.76. The Morgan fingerprint density at radius 2 is 2.03 bits per heavy atom. The van der Waals surface area contributed by atoms with E-state index in [0.717, 1.165) is 12.5 Å². The molecule has 0 aliphatic rings. The van der Waals surface area contributed by atoms with Crippen molar-refractivity contribution in [3.05, 3.63) is 64.0 Å². The summed E-state index contributed by atoms with van der Waals surface area (Å²) in [6, 6.07) is 9.93. The highest BCUT2D eigenvalue weighted by atomic mass is 32.1. The van der Waals surface area contributed by atoms with Gasteiger partial charge in [0.25, 0.3) is 5.69 Å². The number of rotatable bonds is 10. The zero-order valence-corrected chi connectivity index (χ0v) is 17.5. The van der Waals surface area contributed by atoms with Crippen LogP contribution in [-0.4, -0.2) is 29.1 Å². The van der Waals surface area contributed by atoms with Gasteiger partial charge in [-0.2, -0.15) is 0 Å². The summed E-state index contributed by atoms with van der Waals surface area (Å²) in [5, 5.41) is 13.8. The number of carbonyl (C=O) groups excluding carboxylic acids is 1. The number of nitro groups is 1. The lowest BCUT2D eigenvalue weighted by molar-refractivity contribution is -0.384. The van der Waals surface area contributed by atoms with E-state index in [2.05, 4.69) is 5.32 Å². The van der Waals surface area contributed by atoms with Crippen molar-refractivity contribution in [2.75, 3.05) is 18.5 Å². The van der Waals surface area contributed by atoms with E-state index in [4.69, 9.17) is 21.7 Å². The van der Waals surface area contributed by atoms with Crippen LogP contribution < -0.4 is 10.1 Å². The van der Waals surface area contributed by atoms with Gasteiger partial charge in [-0.1, -0.05) is 38.2 Å². The monoisotopic (exact) mass is 434 g/mol. The molecule has 30 heavy (non-hydrogen) atoms. The van der Waals surface area contributed by atoms with Crippen molar-refractivity contribution in [1.82, 2.24) is 0 Å². The summed E-state index contributed by atoms with van der Waals surface area (Å²) in [4.78, 5) is 22.6. The number of nitro benzene ring substituents is 1. The van der Waals surface area contributed by atoms with Crippen LogP contribution in [0, 0.1) is 21.8 Å². The van der Waals surface area contributed by atoms with Crippen LogP contribution in [0.5, 0.6) is 5.75 Å². The van der Waals surface area contributed by atoms with E-state index >= 15 is 0 Å². The standard InChI is InChI=1S/C21H23FN2O5S/c1-14(2)8-9-28-21(25)13-29-19-12-16(22)6-7-18(19)23-20(30)11-15-4-3-5-17(10-15)24(26)27/h3-7,10,12,14H,8-9,11,13H2,1-2H3,(H,23,30). The van der Waals surface area contributed by atoms with E-state index in [1.165, 1.54) is 24.3 Å². The van der Waals surface area contributed by atoms with Crippen molar-refractivity contribution in [3.8, 4) is 5.75 Å². The molecule has 0 unspecified atom stereocenters. The quantitative estimate of drug-likeness (QED) is 0.251. The Morgan fingerprint density at radius 1 is 1.27 bits per heavy atom. The minimum atomic E-state index is -0.551. The van der Waals surface area contributed by atoms with Gasteiger partial charge >= 0.3 is 5.97 Å². The molecule has 2 rings (SSSR count). The minimum absolute atomic E-state index is 0.0305. The summed E-state index contributed by atoms with van der Waals surface area (Å²) in [5.41, 5.74) is 0.999. The number of benzene rings is 2. The van der Waals surface area contributed by atoms with E-state index < -0.39 is 16.7 Å². The van der Waals surface area contributed by atoms with Crippen LogP contribution in [0.15, 0.2) is 42.5 Å². The van der Waals surface area contributed by atoms with Crippen molar-refractivity contribution in [2.24, 2.45) is 5.92 Å². The predicted octanol–water partition coefficient (Wildman–Crippen LogP) is 4.68. The van der Waals surface area contributed by atoms with Gasteiger partial charge < -0.3 is 14.8 Å². The largest absolute Gasteiger partial charge is 0.480 e. The Bertz CT molecular complexity index is 920. The normalized spacial score (nSPS) is 10.5. The van der Waals surface area contributed by atoms with Gasteiger partial charge in [0, 0.05) is 24.6 Å². The lowest BCUT2D eigenvalue weighted by Gasteiger charge is -2.14. The van der Waals surface area contributed by atoms with Gasteiger partial charge in [0.05, 0.1) is 22.2 Å². The highest BCUT2D eigenvalue weighted by Crippen LogP contribution is 2.26. The van der Waals surface area contributed by atoms with Gasteiger partial charge in [0.15, 0.2) is 6.61 Å². The molecule has 2 aromatic rings. The molecule has 0 radical (unpaired) electrons. The third kappa shape index (κ3) is 7.75. The fraction of sp³-hybridized carbons (Fsp3) is 0.333. The molecule has 0 aliphatic heterocycles. The van der Waals surface area contributed by atoms with Gasteiger partial charge in [-0.25, -0.2) is 9.18 Å². The summed E-state index contributed by atoms with van der Waals surface area (Å²) in [5.74, 6) is -0.569. The number of non-ortho nitro benzene ring substituents is 1. The highest BCUT2D eigenvalue weighted by molar-refractivity contribution is 7.80. The topological polar surface area (TPSA) is 90.7 Å². The Hall–Kier alpha value is -3.07. The van der Waals surface area contributed by atoms with Crippen molar-refractivity contribution >= 4 is 34.6 Å². The summed E-state index contributed by atoms with van der Waals surface area (Å²) in [6.45, 7) is 3.96. The molecule has 0 heterocycles. The number of anilines is 1. The van der Waals surface area contributed by atoms with E-state index in [9.17, 15) is 19.3 Å². The number of hydrogen-bond donors (Lipinski definition) is 1. The second-order valence-electron chi connectivity index (χ2n) is 6.98. The highest BCUT2D eigenvalue weighted by Gasteiger charge is 2.12.